The van der Waals surface area contributed by atoms with Gasteiger partial charge in [0.2, 0.25) is 0 Å². The first kappa shape index (κ1) is 13.9. The fourth-order valence-electron chi connectivity index (χ4n) is 1.46. The van der Waals surface area contributed by atoms with Crippen LogP contribution in [0.25, 0.3) is 0 Å². The normalized spacial score (nSPS) is 9.68. The minimum atomic E-state index is -0.142. The van der Waals surface area contributed by atoms with Gasteiger partial charge in [-0.3, -0.25) is 4.79 Å². The summed E-state index contributed by atoms with van der Waals surface area (Å²) in [6.07, 6.45) is 0. The molecule has 2 aromatic carbocycles. The average Bonchev–Trinajstić information content (AvgIpc) is 2.42. The van der Waals surface area contributed by atoms with E-state index in [1.54, 1.807) is 36.4 Å². The topological polar surface area (TPSA) is 52.9 Å². The molecule has 0 heterocycles. The first-order valence-corrected chi connectivity index (χ1v) is 7.31. The van der Waals surface area contributed by atoms with Crippen LogP contribution in [0.3, 0.4) is 0 Å². The molecule has 3 nitrogen and oxygen atoms in total. The minimum absolute atomic E-state index is 0.142. The monoisotopic (exact) mass is 380 g/mol. The second-order valence-electron chi connectivity index (χ2n) is 3.68. The summed E-state index contributed by atoms with van der Waals surface area (Å²) in [7, 11) is 0. The number of hydrogen-bond acceptors (Lipinski definition) is 3. The van der Waals surface area contributed by atoms with E-state index in [9.17, 15) is 4.79 Å². The minimum Gasteiger partial charge on any atom is -0.322 e. The van der Waals surface area contributed by atoms with Crippen molar-refractivity contribution in [3.8, 4) is 5.40 Å². The van der Waals surface area contributed by atoms with Gasteiger partial charge in [0.05, 0.1) is 0 Å². The van der Waals surface area contributed by atoms with E-state index in [0.717, 1.165) is 20.2 Å². The van der Waals surface area contributed by atoms with Crippen LogP contribution >= 0.6 is 34.4 Å². The van der Waals surface area contributed by atoms with Gasteiger partial charge in [0, 0.05) is 19.7 Å². The molecule has 0 aliphatic carbocycles. The third kappa shape index (κ3) is 3.98. The lowest BCUT2D eigenvalue weighted by atomic mass is 10.2. The smallest absolute Gasteiger partial charge is 0.255 e. The second kappa shape index (κ2) is 6.59. The molecular weight excluding hydrogens is 371 g/mol. The molecule has 94 valence electrons. The summed E-state index contributed by atoms with van der Waals surface area (Å²) >= 11 is 3.29. The fraction of sp³-hybridized carbons (Fsp3) is 0. The van der Waals surface area contributed by atoms with Crippen LogP contribution in [0.15, 0.2) is 53.4 Å². The van der Waals surface area contributed by atoms with Gasteiger partial charge in [-0.15, -0.1) is 0 Å². The molecule has 0 radical (unpaired) electrons. The molecule has 0 aliphatic rings. The molecule has 2 rings (SSSR count). The molecule has 5 heteroatoms. The molecule has 0 unspecified atom stereocenters. The number of anilines is 1. The lowest BCUT2D eigenvalue weighted by molar-refractivity contribution is 0.102. The van der Waals surface area contributed by atoms with Gasteiger partial charge in [0.25, 0.3) is 5.91 Å². The standard InChI is InChI=1S/C14H9IN2OS/c15-11-3-1-10(2-4-11)14(18)17-12-5-7-13(8-6-12)19-9-16/h1-8H,(H,17,18). The maximum Gasteiger partial charge on any atom is 0.255 e. The van der Waals surface area contributed by atoms with Crippen LogP contribution in [-0.4, -0.2) is 5.91 Å². The quantitative estimate of drug-likeness (QED) is 0.495. The zero-order valence-electron chi connectivity index (χ0n) is 9.76. The molecule has 0 fully saturated rings. The van der Waals surface area contributed by atoms with Crippen LogP contribution in [0.1, 0.15) is 10.4 Å². The molecule has 0 aromatic heterocycles. The van der Waals surface area contributed by atoms with Crippen LogP contribution in [0, 0.1) is 14.2 Å². The van der Waals surface area contributed by atoms with Crippen molar-refractivity contribution in [3.63, 3.8) is 0 Å². The number of thiocyanates is 1. The number of hydrogen-bond donors (Lipinski definition) is 1. The number of nitriles is 1. The number of carbonyl (C=O) groups excluding carboxylic acids is 1. The summed E-state index contributed by atoms with van der Waals surface area (Å²) in [6, 6.07) is 14.5. The van der Waals surface area contributed by atoms with Crippen LogP contribution in [0.4, 0.5) is 5.69 Å². The summed E-state index contributed by atoms with van der Waals surface area (Å²) in [4.78, 5) is 12.8. The lowest BCUT2D eigenvalue weighted by Crippen LogP contribution is -2.11. The highest BCUT2D eigenvalue weighted by molar-refractivity contribution is 14.1. The van der Waals surface area contributed by atoms with Gasteiger partial charge in [-0.1, -0.05) is 0 Å². The Kier molecular flexibility index (Phi) is 4.82. The molecule has 2 aromatic rings. The third-order valence-electron chi connectivity index (χ3n) is 2.38. The van der Waals surface area contributed by atoms with Gasteiger partial charge in [-0.25, -0.2) is 0 Å². The van der Waals surface area contributed by atoms with Crippen LogP contribution in [0.5, 0.6) is 0 Å². The molecule has 0 bridgehead atoms. The number of carbonyl (C=O) groups is 1. The van der Waals surface area contributed by atoms with Crippen LogP contribution < -0.4 is 5.32 Å². The first-order chi connectivity index (χ1) is 9.19. The van der Waals surface area contributed by atoms with Crippen molar-refractivity contribution in [1.82, 2.24) is 0 Å². The second-order valence-corrected chi connectivity index (χ2v) is 5.78. The number of thioether (sulfide) groups is 1. The molecular formula is C14H9IN2OS. The fourth-order valence-corrected chi connectivity index (χ4v) is 2.20. The predicted octanol–water partition coefficient (Wildman–Crippen LogP) is 4.12. The van der Waals surface area contributed by atoms with Crippen molar-refractivity contribution in [2.45, 2.75) is 4.90 Å². The number of nitrogens with zero attached hydrogens (tertiary/aromatic N) is 1. The molecule has 0 saturated carbocycles. The van der Waals surface area contributed by atoms with Gasteiger partial charge in [0.15, 0.2) is 0 Å². The Labute approximate surface area is 129 Å². The SMILES string of the molecule is N#CSc1ccc(NC(=O)c2ccc(I)cc2)cc1. The molecule has 0 spiro atoms. The van der Waals surface area contributed by atoms with E-state index in [1.807, 2.05) is 17.5 Å². The van der Waals surface area contributed by atoms with E-state index in [2.05, 4.69) is 27.9 Å². The summed E-state index contributed by atoms with van der Waals surface area (Å²) in [5, 5.41) is 13.4. The van der Waals surface area contributed by atoms with Crippen LogP contribution in [0.2, 0.25) is 0 Å². The van der Waals surface area contributed by atoms with Crippen molar-refractivity contribution in [2.24, 2.45) is 0 Å². The Bertz CT molecular complexity index is 617. The zero-order chi connectivity index (χ0) is 13.7. The summed E-state index contributed by atoms with van der Waals surface area (Å²) < 4.78 is 1.09. The van der Waals surface area contributed by atoms with Crippen molar-refractivity contribution in [3.05, 3.63) is 57.7 Å². The maximum absolute atomic E-state index is 12.0. The van der Waals surface area contributed by atoms with Gasteiger partial charge in [-0.2, -0.15) is 5.26 Å². The first-order valence-electron chi connectivity index (χ1n) is 5.42. The summed E-state index contributed by atoms with van der Waals surface area (Å²) in [5.74, 6) is -0.142. The summed E-state index contributed by atoms with van der Waals surface area (Å²) in [6.45, 7) is 0. The van der Waals surface area contributed by atoms with Crippen LogP contribution in [-0.2, 0) is 0 Å². The Morgan fingerprint density at radius 3 is 2.32 bits per heavy atom. The van der Waals surface area contributed by atoms with E-state index in [4.69, 9.17) is 5.26 Å². The van der Waals surface area contributed by atoms with E-state index in [0.29, 0.717) is 11.3 Å². The van der Waals surface area contributed by atoms with E-state index in [1.165, 1.54) is 0 Å². The molecule has 1 amide bonds. The van der Waals surface area contributed by atoms with E-state index < -0.39 is 0 Å². The van der Waals surface area contributed by atoms with Gasteiger partial charge >= 0.3 is 0 Å². The Morgan fingerprint density at radius 1 is 1.11 bits per heavy atom. The number of rotatable bonds is 3. The number of halogens is 1. The van der Waals surface area contributed by atoms with E-state index in [-0.39, 0.29) is 5.91 Å². The largest absolute Gasteiger partial charge is 0.322 e. The van der Waals surface area contributed by atoms with Gasteiger partial charge < -0.3 is 5.32 Å². The van der Waals surface area contributed by atoms with Crippen molar-refractivity contribution >= 4 is 45.9 Å². The highest BCUT2D eigenvalue weighted by atomic mass is 127. The number of amides is 1. The summed E-state index contributed by atoms with van der Waals surface area (Å²) in [5.41, 5.74) is 1.33. The zero-order valence-corrected chi connectivity index (χ0v) is 12.7. The van der Waals surface area contributed by atoms with Gasteiger partial charge in [-0.05, 0) is 82.9 Å². The molecule has 0 atom stereocenters. The highest BCUT2D eigenvalue weighted by Crippen LogP contribution is 2.19. The average molecular weight is 380 g/mol. The molecule has 19 heavy (non-hydrogen) atoms. The Hall–Kier alpha value is -1.52. The van der Waals surface area contributed by atoms with Crippen molar-refractivity contribution in [1.29, 1.82) is 5.26 Å². The predicted molar refractivity (Wildman–Crippen MR) is 85.0 cm³/mol. The third-order valence-corrected chi connectivity index (χ3v) is 3.70. The van der Waals surface area contributed by atoms with Crippen molar-refractivity contribution < 1.29 is 4.79 Å². The molecule has 1 N–H and O–H groups in total. The van der Waals surface area contributed by atoms with E-state index >= 15 is 0 Å². The number of nitrogens with one attached hydrogen (secondary N) is 1. The maximum atomic E-state index is 12.0. The number of benzene rings is 2. The van der Waals surface area contributed by atoms with Crippen molar-refractivity contribution in [2.75, 3.05) is 5.32 Å². The Balaban J connectivity index is 2.06. The Morgan fingerprint density at radius 2 is 1.74 bits per heavy atom. The molecule has 0 aliphatic heterocycles. The highest BCUT2D eigenvalue weighted by Gasteiger charge is 2.05. The molecule has 0 saturated heterocycles. The van der Waals surface area contributed by atoms with Gasteiger partial charge in [0.1, 0.15) is 5.40 Å². The lowest BCUT2D eigenvalue weighted by Gasteiger charge is -2.05.